The number of halogens is 1. The van der Waals surface area contributed by atoms with E-state index in [0.717, 1.165) is 11.4 Å². The number of allylic oxidation sites excluding steroid dienone is 2. The van der Waals surface area contributed by atoms with Crippen LogP contribution >= 0.6 is 11.6 Å². The summed E-state index contributed by atoms with van der Waals surface area (Å²) in [5.74, 6) is 0.109. The average Bonchev–Trinajstić information content (AvgIpc) is 3.23. The van der Waals surface area contributed by atoms with Crippen molar-refractivity contribution in [3.63, 3.8) is 0 Å². The molecule has 4 atom stereocenters. The number of fused-ring (bicyclic) bond motifs is 5. The Bertz CT molecular complexity index is 744. The monoisotopic (exact) mass is 344 g/mol. The molecule has 2 bridgehead atoms. The van der Waals surface area contributed by atoms with E-state index in [-0.39, 0.29) is 35.5 Å². The van der Waals surface area contributed by atoms with Gasteiger partial charge < -0.3 is 4.74 Å². The van der Waals surface area contributed by atoms with Crippen LogP contribution in [0.25, 0.3) is 0 Å². The summed E-state index contributed by atoms with van der Waals surface area (Å²) in [7, 11) is 0. The van der Waals surface area contributed by atoms with E-state index in [2.05, 4.69) is 17.3 Å². The van der Waals surface area contributed by atoms with Gasteiger partial charge in [-0.25, -0.2) is 0 Å². The van der Waals surface area contributed by atoms with Crippen molar-refractivity contribution in [1.29, 1.82) is 0 Å². The lowest BCUT2D eigenvalue weighted by atomic mass is 9.85. The number of imide groups is 1. The van der Waals surface area contributed by atoms with Gasteiger partial charge in [0, 0.05) is 10.6 Å². The minimum atomic E-state index is -0.240. The second-order valence-corrected chi connectivity index (χ2v) is 6.78. The van der Waals surface area contributed by atoms with Gasteiger partial charge in [-0.2, -0.15) is 10.1 Å². The molecule has 4 rings (SSSR count). The molecule has 2 aliphatic carbocycles. The van der Waals surface area contributed by atoms with Crippen molar-refractivity contribution in [2.45, 2.75) is 13.3 Å². The second-order valence-electron chi connectivity index (χ2n) is 6.35. The summed E-state index contributed by atoms with van der Waals surface area (Å²) in [5, 5.41) is 5.73. The lowest BCUT2D eigenvalue weighted by Crippen LogP contribution is -2.28. The number of rotatable bonds is 4. The van der Waals surface area contributed by atoms with Gasteiger partial charge in [-0.15, -0.1) is 0 Å². The third kappa shape index (κ3) is 2.26. The van der Waals surface area contributed by atoms with Crippen LogP contribution in [0.2, 0.25) is 5.02 Å². The van der Waals surface area contributed by atoms with Crippen molar-refractivity contribution in [1.82, 2.24) is 5.01 Å². The van der Waals surface area contributed by atoms with Gasteiger partial charge in [0.05, 0.1) is 24.7 Å². The van der Waals surface area contributed by atoms with Crippen molar-refractivity contribution in [3.8, 4) is 5.75 Å². The maximum atomic E-state index is 12.6. The molecular formula is C18H17ClN2O3. The minimum Gasteiger partial charge on any atom is -0.493 e. The van der Waals surface area contributed by atoms with Gasteiger partial charge in [-0.1, -0.05) is 23.8 Å². The largest absolute Gasteiger partial charge is 0.493 e. The molecule has 3 aliphatic rings. The first-order valence-electron chi connectivity index (χ1n) is 8.12. The number of hydrogen-bond acceptors (Lipinski definition) is 4. The zero-order chi connectivity index (χ0) is 16.8. The molecular weight excluding hydrogens is 328 g/mol. The van der Waals surface area contributed by atoms with Crippen LogP contribution in [0.15, 0.2) is 35.5 Å². The van der Waals surface area contributed by atoms with E-state index < -0.39 is 0 Å². The lowest BCUT2D eigenvalue weighted by molar-refractivity contribution is -0.140. The fourth-order valence-electron chi connectivity index (χ4n) is 4.03. The maximum Gasteiger partial charge on any atom is 0.254 e. The molecule has 1 saturated carbocycles. The number of hydrazone groups is 1. The van der Waals surface area contributed by atoms with Crippen LogP contribution in [0.1, 0.15) is 18.9 Å². The van der Waals surface area contributed by atoms with E-state index in [1.807, 2.05) is 6.92 Å². The van der Waals surface area contributed by atoms with Crippen LogP contribution in [-0.2, 0) is 9.59 Å². The van der Waals surface area contributed by atoms with Crippen molar-refractivity contribution in [3.05, 3.63) is 40.9 Å². The van der Waals surface area contributed by atoms with Gasteiger partial charge in [0.25, 0.3) is 11.8 Å². The Hall–Kier alpha value is -2.14. The predicted molar refractivity (Wildman–Crippen MR) is 89.8 cm³/mol. The number of carbonyl (C=O) groups excluding carboxylic acids is 2. The molecule has 2 fully saturated rings. The number of nitrogens with zero attached hydrogens (tertiary/aromatic N) is 2. The molecule has 24 heavy (non-hydrogen) atoms. The maximum absolute atomic E-state index is 12.6. The summed E-state index contributed by atoms with van der Waals surface area (Å²) in [6.07, 6.45) is 6.51. The first-order valence-corrected chi connectivity index (χ1v) is 8.50. The Labute approximate surface area is 144 Å². The molecule has 1 saturated heterocycles. The highest BCUT2D eigenvalue weighted by atomic mass is 35.5. The van der Waals surface area contributed by atoms with Gasteiger partial charge in [0.15, 0.2) is 0 Å². The number of ether oxygens (including phenoxy) is 1. The first-order chi connectivity index (χ1) is 11.6. The number of amides is 2. The van der Waals surface area contributed by atoms with Crippen LogP contribution in [0.5, 0.6) is 5.75 Å². The van der Waals surface area contributed by atoms with Crippen LogP contribution in [0.4, 0.5) is 0 Å². The fraction of sp³-hybridized carbons (Fsp3) is 0.389. The minimum absolute atomic E-state index is 0.182. The molecule has 1 aromatic rings. The summed E-state index contributed by atoms with van der Waals surface area (Å²) in [4.78, 5) is 25.2. The highest BCUT2D eigenvalue weighted by molar-refractivity contribution is 6.30. The molecule has 0 spiro atoms. The van der Waals surface area contributed by atoms with Crippen LogP contribution in [0.3, 0.4) is 0 Å². The fourth-order valence-corrected chi connectivity index (χ4v) is 4.21. The summed E-state index contributed by atoms with van der Waals surface area (Å²) in [5.41, 5.74) is 0.642. The number of benzene rings is 1. The van der Waals surface area contributed by atoms with Crippen molar-refractivity contribution >= 4 is 29.6 Å². The van der Waals surface area contributed by atoms with Crippen molar-refractivity contribution in [2.75, 3.05) is 6.61 Å². The summed E-state index contributed by atoms with van der Waals surface area (Å²) < 4.78 is 5.53. The Morgan fingerprint density at radius 2 is 1.92 bits per heavy atom. The van der Waals surface area contributed by atoms with E-state index in [4.69, 9.17) is 16.3 Å². The van der Waals surface area contributed by atoms with Crippen LogP contribution in [0, 0.1) is 23.7 Å². The smallest absolute Gasteiger partial charge is 0.254 e. The third-order valence-electron chi connectivity index (χ3n) is 5.03. The summed E-state index contributed by atoms with van der Waals surface area (Å²) >= 11 is 6.02. The molecule has 0 aromatic heterocycles. The number of carbonyl (C=O) groups is 2. The topological polar surface area (TPSA) is 59.0 Å². The summed E-state index contributed by atoms with van der Waals surface area (Å²) in [6, 6.07) is 5.18. The Morgan fingerprint density at radius 3 is 2.54 bits per heavy atom. The van der Waals surface area contributed by atoms with Crippen LogP contribution < -0.4 is 4.74 Å². The van der Waals surface area contributed by atoms with Gasteiger partial charge in [-0.3, -0.25) is 9.59 Å². The van der Waals surface area contributed by atoms with Gasteiger partial charge in [0.1, 0.15) is 5.75 Å². The second kappa shape index (κ2) is 5.74. The molecule has 124 valence electrons. The Morgan fingerprint density at radius 1 is 1.25 bits per heavy atom. The quantitative estimate of drug-likeness (QED) is 0.479. The molecule has 0 radical (unpaired) electrons. The van der Waals surface area contributed by atoms with E-state index in [0.29, 0.717) is 22.9 Å². The average molecular weight is 345 g/mol. The molecule has 6 heteroatoms. The third-order valence-corrected chi connectivity index (χ3v) is 5.27. The molecule has 5 nitrogen and oxygen atoms in total. The molecule has 0 unspecified atom stereocenters. The molecule has 1 aromatic carbocycles. The Balaban J connectivity index is 1.60. The molecule has 1 heterocycles. The Kier molecular flexibility index (Phi) is 3.68. The predicted octanol–water partition coefficient (Wildman–Crippen LogP) is 2.88. The first kappa shape index (κ1) is 15.4. The zero-order valence-electron chi connectivity index (χ0n) is 13.2. The van der Waals surface area contributed by atoms with E-state index in [1.54, 1.807) is 18.2 Å². The zero-order valence-corrected chi connectivity index (χ0v) is 13.9. The van der Waals surface area contributed by atoms with Gasteiger partial charge >= 0.3 is 0 Å². The number of hydrogen-bond donors (Lipinski definition) is 0. The lowest BCUT2D eigenvalue weighted by Gasteiger charge is -2.13. The van der Waals surface area contributed by atoms with Crippen molar-refractivity contribution < 1.29 is 14.3 Å². The van der Waals surface area contributed by atoms with E-state index in [9.17, 15) is 9.59 Å². The van der Waals surface area contributed by atoms with E-state index in [1.165, 1.54) is 6.21 Å². The summed E-state index contributed by atoms with van der Waals surface area (Å²) in [6.45, 7) is 2.39. The molecule has 0 N–H and O–H groups in total. The highest BCUT2D eigenvalue weighted by Crippen LogP contribution is 2.52. The van der Waals surface area contributed by atoms with E-state index >= 15 is 0 Å². The van der Waals surface area contributed by atoms with Crippen LogP contribution in [-0.4, -0.2) is 29.6 Å². The van der Waals surface area contributed by atoms with Crippen molar-refractivity contribution in [2.24, 2.45) is 28.8 Å². The SMILES string of the molecule is CCOc1ccc(Cl)cc1/C=N\N1C(=O)[C@@H]2[C@@H](C1=O)[C@H]1C=C[C@H]2C1. The molecule has 2 amide bonds. The normalized spacial score (nSPS) is 30.7. The van der Waals surface area contributed by atoms with Gasteiger partial charge in [-0.05, 0) is 43.4 Å². The standard InChI is InChI=1S/C18H17ClN2O3/c1-2-24-14-6-5-13(19)8-12(14)9-20-21-17(22)15-10-3-4-11(7-10)16(15)18(21)23/h3-6,8-11,15-16H,2,7H2,1H3/b20-9-/t10-,11-,15-,16-/m0/s1. The van der Waals surface area contributed by atoms with Gasteiger partial charge in [0.2, 0.25) is 0 Å². The molecule has 1 aliphatic heterocycles. The highest BCUT2D eigenvalue weighted by Gasteiger charge is 2.59.